The van der Waals surface area contributed by atoms with E-state index in [2.05, 4.69) is 5.32 Å². The number of hydrogen-bond donors (Lipinski definition) is 1. The van der Waals surface area contributed by atoms with Crippen LogP contribution in [0.4, 0.5) is 10.1 Å². The molecule has 4 aromatic carbocycles. The van der Waals surface area contributed by atoms with Crippen LogP contribution in [0.3, 0.4) is 0 Å². The molecule has 262 valence electrons. The molecule has 0 bridgehead atoms. The van der Waals surface area contributed by atoms with Gasteiger partial charge in [-0.05, 0) is 67.3 Å². The van der Waals surface area contributed by atoms with Gasteiger partial charge in [-0.25, -0.2) is 12.8 Å². The first-order chi connectivity index (χ1) is 24.2. The standard InChI is InChI=1S/C39H42FN3O6S/c1-28-9-8-12-30(23-28)26-42(35(24-29-10-4-2-5-11-29)39(45)41-32-13-6-3-7-14-32)38(44)27-43(33-17-15-31(40)16-18-33)50(46,47)34-19-20-36-37(25-34)49-22-21-48-36/h2,4-5,8-12,15-20,23,25,32,35H,3,6-7,13-14,21-22,24,26-27H2,1H3,(H,41,45)/t35-/m1/s1. The van der Waals surface area contributed by atoms with Gasteiger partial charge in [0.05, 0.1) is 10.6 Å². The van der Waals surface area contributed by atoms with Gasteiger partial charge in [0.25, 0.3) is 10.0 Å². The Labute approximate surface area is 293 Å². The first-order valence-corrected chi connectivity index (χ1v) is 18.5. The lowest BCUT2D eigenvalue weighted by molar-refractivity contribution is -0.140. The third-order valence-electron chi connectivity index (χ3n) is 9.15. The zero-order valence-corrected chi connectivity index (χ0v) is 28.9. The van der Waals surface area contributed by atoms with Crippen molar-refractivity contribution < 1.29 is 31.9 Å². The van der Waals surface area contributed by atoms with E-state index in [-0.39, 0.29) is 47.9 Å². The number of nitrogens with one attached hydrogen (secondary N) is 1. The normalized spacial score (nSPS) is 15.2. The smallest absolute Gasteiger partial charge is 0.264 e. The number of sulfonamides is 1. The summed E-state index contributed by atoms with van der Waals surface area (Å²) in [6.07, 6.45) is 5.11. The molecular weight excluding hydrogens is 658 g/mol. The topological polar surface area (TPSA) is 105 Å². The van der Waals surface area contributed by atoms with E-state index >= 15 is 0 Å². The van der Waals surface area contributed by atoms with Gasteiger partial charge in [0.2, 0.25) is 11.8 Å². The Morgan fingerprint density at radius 2 is 1.54 bits per heavy atom. The van der Waals surface area contributed by atoms with Gasteiger partial charge in [-0.3, -0.25) is 13.9 Å². The minimum Gasteiger partial charge on any atom is -0.486 e. The number of halogens is 1. The summed E-state index contributed by atoms with van der Waals surface area (Å²) in [6.45, 7) is 1.97. The summed E-state index contributed by atoms with van der Waals surface area (Å²) in [6, 6.07) is 25.4. The summed E-state index contributed by atoms with van der Waals surface area (Å²) < 4.78 is 55.1. The molecule has 0 unspecified atom stereocenters. The highest BCUT2D eigenvalue weighted by Gasteiger charge is 2.36. The maximum absolute atomic E-state index is 14.7. The van der Waals surface area contributed by atoms with Gasteiger partial charge in [-0.1, -0.05) is 79.4 Å². The van der Waals surface area contributed by atoms with E-state index in [0.29, 0.717) is 12.4 Å². The Balaban J connectivity index is 1.40. The molecule has 2 amide bonds. The molecule has 1 aliphatic heterocycles. The van der Waals surface area contributed by atoms with Crippen molar-refractivity contribution >= 4 is 27.5 Å². The first kappa shape index (κ1) is 34.9. The van der Waals surface area contributed by atoms with Crippen LogP contribution in [0.1, 0.15) is 48.8 Å². The van der Waals surface area contributed by atoms with Crippen LogP contribution in [0.15, 0.2) is 102 Å². The molecule has 0 aromatic heterocycles. The molecule has 1 heterocycles. The third-order valence-corrected chi connectivity index (χ3v) is 10.9. The largest absolute Gasteiger partial charge is 0.486 e. The van der Waals surface area contributed by atoms with Crippen molar-refractivity contribution in [2.45, 2.75) is 69.0 Å². The van der Waals surface area contributed by atoms with Crippen LogP contribution < -0.4 is 19.1 Å². The maximum atomic E-state index is 14.7. The highest BCUT2D eigenvalue weighted by molar-refractivity contribution is 7.92. The lowest BCUT2D eigenvalue weighted by atomic mass is 9.94. The van der Waals surface area contributed by atoms with Gasteiger partial charge in [-0.15, -0.1) is 0 Å². The molecule has 4 aromatic rings. The number of aryl methyl sites for hydroxylation is 1. The number of carbonyl (C=O) groups excluding carboxylic acids is 2. The predicted molar refractivity (Wildman–Crippen MR) is 189 cm³/mol. The monoisotopic (exact) mass is 699 g/mol. The van der Waals surface area contributed by atoms with Crippen molar-refractivity contribution in [2.75, 3.05) is 24.1 Å². The number of amides is 2. The van der Waals surface area contributed by atoms with E-state index in [0.717, 1.165) is 65.2 Å². The SMILES string of the molecule is Cc1cccc(CN(C(=O)CN(c2ccc(F)cc2)S(=O)(=O)c2ccc3c(c2)OCCO3)[C@H](Cc2ccccc2)C(=O)NC2CCCCC2)c1. The van der Waals surface area contributed by atoms with Gasteiger partial charge in [-0.2, -0.15) is 0 Å². The molecule has 1 fully saturated rings. The number of nitrogens with zero attached hydrogens (tertiary/aromatic N) is 2. The number of ether oxygens (including phenoxy) is 2. The first-order valence-electron chi connectivity index (χ1n) is 17.0. The van der Waals surface area contributed by atoms with E-state index in [1.807, 2.05) is 61.5 Å². The molecule has 6 rings (SSSR count). The fourth-order valence-corrected chi connectivity index (χ4v) is 7.98. The molecule has 11 heteroatoms. The maximum Gasteiger partial charge on any atom is 0.264 e. The molecule has 2 aliphatic rings. The minimum absolute atomic E-state index is 0.00301. The average Bonchev–Trinajstić information content (AvgIpc) is 3.13. The number of anilines is 1. The van der Waals surface area contributed by atoms with Gasteiger partial charge >= 0.3 is 0 Å². The second kappa shape index (κ2) is 15.8. The van der Waals surface area contributed by atoms with Crippen LogP contribution in [0.2, 0.25) is 0 Å². The van der Waals surface area contributed by atoms with Gasteiger partial charge in [0.15, 0.2) is 11.5 Å². The Kier molecular flexibility index (Phi) is 11.0. The summed E-state index contributed by atoms with van der Waals surface area (Å²) in [5, 5.41) is 3.22. The molecule has 1 aliphatic carbocycles. The summed E-state index contributed by atoms with van der Waals surface area (Å²) >= 11 is 0. The second-order valence-corrected chi connectivity index (χ2v) is 14.7. The zero-order chi connectivity index (χ0) is 35.1. The summed E-state index contributed by atoms with van der Waals surface area (Å²) in [4.78, 5) is 30.4. The van der Waals surface area contributed by atoms with Crippen LogP contribution >= 0.6 is 0 Å². The van der Waals surface area contributed by atoms with E-state index < -0.39 is 34.3 Å². The predicted octanol–water partition coefficient (Wildman–Crippen LogP) is 6.19. The highest BCUT2D eigenvalue weighted by Crippen LogP contribution is 2.34. The van der Waals surface area contributed by atoms with Gasteiger partial charge < -0.3 is 19.7 Å². The summed E-state index contributed by atoms with van der Waals surface area (Å²) in [7, 11) is -4.41. The van der Waals surface area contributed by atoms with E-state index in [1.54, 1.807) is 0 Å². The quantitative estimate of drug-likeness (QED) is 0.189. The number of fused-ring (bicyclic) bond motifs is 1. The van der Waals surface area contributed by atoms with Crippen molar-refractivity contribution in [1.29, 1.82) is 0 Å². The van der Waals surface area contributed by atoms with Crippen molar-refractivity contribution in [2.24, 2.45) is 0 Å². The molecule has 0 saturated heterocycles. The van der Waals surface area contributed by atoms with Crippen molar-refractivity contribution in [3.05, 3.63) is 120 Å². The molecule has 1 atom stereocenters. The average molecular weight is 700 g/mol. The lowest BCUT2D eigenvalue weighted by Gasteiger charge is -2.35. The molecule has 50 heavy (non-hydrogen) atoms. The second-order valence-electron chi connectivity index (χ2n) is 12.9. The Bertz CT molecular complexity index is 1900. The van der Waals surface area contributed by atoms with Crippen LogP contribution in [0.25, 0.3) is 0 Å². The van der Waals surface area contributed by atoms with E-state index in [9.17, 15) is 22.4 Å². The van der Waals surface area contributed by atoms with E-state index in [4.69, 9.17) is 9.47 Å². The van der Waals surface area contributed by atoms with Crippen LogP contribution in [0, 0.1) is 12.7 Å². The van der Waals surface area contributed by atoms with E-state index in [1.165, 1.54) is 35.2 Å². The van der Waals surface area contributed by atoms with Crippen LogP contribution in [-0.2, 0) is 32.6 Å². The zero-order valence-electron chi connectivity index (χ0n) is 28.1. The van der Waals surface area contributed by atoms with Gasteiger partial charge in [0, 0.05) is 25.1 Å². The number of carbonyl (C=O) groups is 2. The van der Waals surface area contributed by atoms with Crippen molar-refractivity contribution in [3.63, 3.8) is 0 Å². The minimum atomic E-state index is -4.41. The Morgan fingerprint density at radius 3 is 2.26 bits per heavy atom. The number of benzene rings is 4. The molecule has 0 radical (unpaired) electrons. The van der Waals surface area contributed by atoms with Crippen LogP contribution in [-0.4, -0.2) is 57.0 Å². The van der Waals surface area contributed by atoms with Gasteiger partial charge in [0.1, 0.15) is 31.6 Å². The molecule has 1 N–H and O–H groups in total. The Hall–Kier alpha value is -4.90. The fourth-order valence-electron chi connectivity index (χ4n) is 6.55. The van der Waals surface area contributed by atoms with Crippen molar-refractivity contribution in [3.8, 4) is 11.5 Å². The molecule has 9 nitrogen and oxygen atoms in total. The van der Waals surface area contributed by atoms with Crippen molar-refractivity contribution in [1.82, 2.24) is 10.2 Å². The Morgan fingerprint density at radius 1 is 0.840 bits per heavy atom. The number of hydrogen-bond acceptors (Lipinski definition) is 6. The molecule has 0 spiro atoms. The van der Waals surface area contributed by atoms with Crippen LogP contribution in [0.5, 0.6) is 11.5 Å². The lowest BCUT2D eigenvalue weighted by Crippen LogP contribution is -2.55. The highest BCUT2D eigenvalue weighted by atomic mass is 32.2. The fraction of sp³-hybridized carbons (Fsp3) is 0.333. The number of rotatable bonds is 12. The summed E-state index contributed by atoms with van der Waals surface area (Å²) in [5.41, 5.74) is 2.73. The summed E-state index contributed by atoms with van der Waals surface area (Å²) in [5.74, 6) is -0.746. The molecule has 1 saturated carbocycles. The third kappa shape index (κ3) is 8.45. The molecular formula is C39H42FN3O6S.